The molecule has 1 aromatic rings. The lowest BCUT2D eigenvalue weighted by molar-refractivity contribution is -0.129. The fraction of sp³-hybridized carbons (Fsp3) is 0.583. The maximum absolute atomic E-state index is 11.3. The number of anilines is 1. The summed E-state index contributed by atoms with van der Waals surface area (Å²) >= 11 is 0. The zero-order valence-electron chi connectivity index (χ0n) is 10.3. The summed E-state index contributed by atoms with van der Waals surface area (Å²) in [6.45, 7) is 3.48. The van der Waals surface area contributed by atoms with Crippen molar-refractivity contribution in [3.05, 3.63) is 18.3 Å². The van der Waals surface area contributed by atoms with Crippen molar-refractivity contribution in [1.82, 2.24) is 15.1 Å². The second-order valence-corrected chi connectivity index (χ2v) is 4.43. The van der Waals surface area contributed by atoms with Gasteiger partial charge >= 0.3 is 0 Å². The monoisotopic (exact) mass is 234 g/mol. The van der Waals surface area contributed by atoms with Crippen LogP contribution in [0.2, 0.25) is 0 Å². The van der Waals surface area contributed by atoms with Gasteiger partial charge in [-0.15, -0.1) is 5.10 Å². The summed E-state index contributed by atoms with van der Waals surface area (Å²) in [5, 5.41) is 7.99. The van der Waals surface area contributed by atoms with Crippen LogP contribution in [0.5, 0.6) is 0 Å². The molecule has 2 rings (SSSR count). The summed E-state index contributed by atoms with van der Waals surface area (Å²) in [5.41, 5.74) is 0. The molecule has 5 heteroatoms. The molecule has 1 saturated heterocycles. The van der Waals surface area contributed by atoms with Crippen molar-refractivity contribution < 1.29 is 4.79 Å². The van der Waals surface area contributed by atoms with Gasteiger partial charge in [0.2, 0.25) is 5.91 Å². The molecule has 92 valence electrons. The third-order valence-corrected chi connectivity index (χ3v) is 3.39. The van der Waals surface area contributed by atoms with Crippen LogP contribution < -0.4 is 4.90 Å². The van der Waals surface area contributed by atoms with Crippen LogP contribution in [-0.2, 0) is 4.79 Å². The predicted octanol–water partition coefficient (Wildman–Crippen LogP) is 0.924. The second-order valence-electron chi connectivity index (χ2n) is 4.43. The average molecular weight is 234 g/mol. The molecule has 0 radical (unpaired) electrons. The van der Waals surface area contributed by atoms with E-state index in [9.17, 15) is 4.79 Å². The predicted molar refractivity (Wildman–Crippen MR) is 65.7 cm³/mol. The van der Waals surface area contributed by atoms with Crippen LogP contribution in [0.15, 0.2) is 18.3 Å². The van der Waals surface area contributed by atoms with E-state index in [1.807, 2.05) is 24.1 Å². The zero-order chi connectivity index (χ0) is 12.3. The van der Waals surface area contributed by atoms with Gasteiger partial charge in [0.15, 0.2) is 5.82 Å². The van der Waals surface area contributed by atoms with Crippen molar-refractivity contribution in [3.63, 3.8) is 0 Å². The normalized spacial score (nSPS) is 16.9. The third kappa shape index (κ3) is 2.72. The Bertz CT molecular complexity index is 373. The molecule has 5 nitrogen and oxygen atoms in total. The summed E-state index contributed by atoms with van der Waals surface area (Å²) < 4.78 is 0. The van der Waals surface area contributed by atoms with Gasteiger partial charge in [0.05, 0.1) is 0 Å². The van der Waals surface area contributed by atoms with Crippen molar-refractivity contribution in [1.29, 1.82) is 0 Å². The topological polar surface area (TPSA) is 49.3 Å². The molecular formula is C12H18N4O. The quantitative estimate of drug-likeness (QED) is 0.763. The first-order valence-corrected chi connectivity index (χ1v) is 5.94. The first-order chi connectivity index (χ1) is 8.18. The number of carbonyl (C=O) groups is 1. The Morgan fingerprint density at radius 3 is 2.71 bits per heavy atom. The Labute approximate surface area is 101 Å². The lowest BCUT2D eigenvalue weighted by Gasteiger charge is -2.36. The molecule has 0 spiro atoms. The Hall–Kier alpha value is -1.65. The molecule has 2 heterocycles. The average Bonchev–Trinajstić information content (AvgIpc) is 2.39. The summed E-state index contributed by atoms with van der Waals surface area (Å²) in [4.78, 5) is 15.3. The lowest BCUT2D eigenvalue weighted by atomic mass is 10.0. The van der Waals surface area contributed by atoms with E-state index >= 15 is 0 Å². The highest BCUT2D eigenvalue weighted by Gasteiger charge is 2.24. The van der Waals surface area contributed by atoms with Crippen LogP contribution >= 0.6 is 0 Å². The molecule has 0 aliphatic carbocycles. The smallest absolute Gasteiger partial charge is 0.219 e. The molecule has 1 aromatic heterocycles. The fourth-order valence-corrected chi connectivity index (χ4v) is 2.20. The molecule has 0 saturated carbocycles. The second kappa shape index (κ2) is 5.12. The first kappa shape index (κ1) is 11.8. The summed E-state index contributed by atoms with van der Waals surface area (Å²) in [6.07, 6.45) is 3.67. The first-order valence-electron chi connectivity index (χ1n) is 5.94. The maximum atomic E-state index is 11.3. The minimum atomic E-state index is 0.142. The number of hydrogen-bond acceptors (Lipinski definition) is 4. The molecule has 0 aromatic carbocycles. The van der Waals surface area contributed by atoms with Gasteiger partial charge in [-0.3, -0.25) is 4.79 Å². The number of nitrogens with zero attached hydrogens (tertiary/aromatic N) is 4. The van der Waals surface area contributed by atoms with Crippen LogP contribution in [0.3, 0.4) is 0 Å². The maximum Gasteiger partial charge on any atom is 0.219 e. The van der Waals surface area contributed by atoms with E-state index in [1.54, 1.807) is 13.1 Å². The molecule has 1 aliphatic rings. The van der Waals surface area contributed by atoms with Crippen LogP contribution in [0.1, 0.15) is 19.8 Å². The van der Waals surface area contributed by atoms with E-state index in [1.165, 1.54) is 0 Å². The van der Waals surface area contributed by atoms with Gasteiger partial charge in [-0.2, -0.15) is 5.10 Å². The molecule has 0 unspecified atom stereocenters. The van der Waals surface area contributed by atoms with Crippen LogP contribution in [0, 0.1) is 0 Å². The molecule has 1 aliphatic heterocycles. The minimum absolute atomic E-state index is 0.142. The number of amides is 1. The van der Waals surface area contributed by atoms with E-state index in [0.29, 0.717) is 6.04 Å². The Morgan fingerprint density at radius 1 is 1.47 bits per heavy atom. The third-order valence-electron chi connectivity index (χ3n) is 3.39. The number of piperidine rings is 1. The van der Waals surface area contributed by atoms with Crippen molar-refractivity contribution >= 4 is 11.7 Å². The van der Waals surface area contributed by atoms with Crippen molar-refractivity contribution in [3.8, 4) is 0 Å². The van der Waals surface area contributed by atoms with E-state index < -0.39 is 0 Å². The van der Waals surface area contributed by atoms with Gasteiger partial charge in [-0.25, -0.2) is 0 Å². The van der Waals surface area contributed by atoms with Gasteiger partial charge in [0.25, 0.3) is 0 Å². The highest BCUT2D eigenvalue weighted by Crippen LogP contribution is 2.19. The standard InChI is InChI=1S/C12H18N4O/c1-10(17)15(2)11-5-8-16(9-6-11)12-4-3-7-13-14-12/h3-4,7,11H,5-6,8-9H2,1-2H3. The Balaban J connectivity index is 1.93. The Morgan fingerprint density at radius 2 is 2.18 bits per heavy atom. The van der Waals surface area contributed by atoms with Gasteiger partial charge < -0.3 is 9.80 Å². The van der Waals surface area contributed by atoms with Gasteiger partial charge in [0.1, 0.15) is 0 Å². The van der Waals surface area contributed by atoms with Crippen molar-refractivity contribution in [2.75, 3.05) is 25.0 Å². The van der Waals surface area contributed by atoms with Crippen LogP contribution in [0.25, 0.3) is 0 Å². The largest absolute Gasteiger partial charge is 0.355 e. The number of hydrogen-bond donors (Lipinski definition) is 0. The van der Waals surface area contributed by atoms with Crippen molar-refractivity contribution in [2.24, 2.45) is 0 Å². The van der Waals surface area contributed by atoms with Gasteiger partial charge in [-0.1, -0.05) is 0 Å². The zero-order valence-corrected chi connectivity index (χ0v) is 10.3. The van der Waals surface area contributed by atoms with E-state index in [0.717, 1.165) is 31.7 Å². The number of aromatic nitrogens is 2. The van der Waals surface area contributed by atoms with E-state index in [-0.39, 0.29) is 5.91 Å². The highest BCUT2D eigenvalue weighted by atomic mass is 16.2. The molecule has 17 heavy (non-hydrogen) atoms. The van der Waals surface area contributed by atoms with Gasteiger partial charge in [-0.05, 0) is 25.0 Å². The highest BCUT2D eigenvalue weighted by molar-refractivity contribution is 5.73. The molecule has 0 bridgehead atoms. The molecule has 0 N–H and O–H groups in total. The molecule has 0 atom stereocenters. The molecule has 1 fully saturated rings. The van der Waals surface area contributed by atoms with Crippen molar-refractivity contribution in [2.45, 2.75) is 25.8 Å². The fourth-order valence-electron chi connectivity index (χ4n) is 2.20. The van der Waals surface area contributed by atoms with E-state index in [2.05, 4.69) is 15.1 Å². The molecular weight excluding hydrogens is 216 g/mol. The lowest BCUT2D eigenvalue weighted by Crippen LogP contribution is -2.45. The SMILES string of the molecule is CC(=O)N(C)C1CCN(c2cccnn2)CC1. The van der Waals surface area contributed by atoms with E-state index in [4.69, 9.17) is 0 Å². The number of carbonyl (C=O) groups excluding carboxylic acids is 1. The Kier molecular flexibility index (Phi) is 3.56. The summed E-state index contributed by atoms with van der Waals surface area (Å²) in [6, 6.07) is 4.23. The molecule has 1 amide bonds. The van der Waals surface area contributed by atoms with Crippen LogP contribution in [0.4, 0.5) is 5.82 Å². The number of rotatable bonds is 2. The van der Waals surface area contributed by atoms with Crippen LogP contribution in [-0.4, -0.2) is 47.2 Å². The summed E-state index contributed by atoms with van der Waals surface area (Å²) in [5.74, 6) is 1.07. The van der Waals surface area contributed by atoms with Gasteiger partial charge in [0, 0.05) is 39.3 Å². The minimum Gasteiger partial charge on any atom is -0.355 e. The summed E-state index contributed by atoms with van der Waals surface area (Å²) in [7, 11) is 1.88.